The van der Waals surface area contributed by atoms with Crippen molar-refractivity contribution in [2.45, 2.75) is 5.41 Å². The monoisotopic (exact) mass is 793 g/mol. The fourth-order valence-electron chi connectivity index (χ4n) is 10.1. The van der Waals surface area contributed by atoms with E-state index in [0.717, 1.165) is 17.1 Å². The van der Waals surface area contributed by atoms with Crippen LogP contribution in [0.2, 0.25) is 0 Å². The minimum absolute atomic E-state index is 0.521. The Hall–Kier alpha value is -7.52. The van der Waals surface area contributed by atoms with Crippen molar-refractivity contribution in [3.8, 4) is 33.4 Å². The minimum atomic E-state index is -0.521. The zero-order valence-corrected chi connectivity index (χ0v) is 34.2. The van der Waals surface area contributed by atoms with Crippen LogP contribution in [0.1, 0.15) is 22.3 Å². The van der Waals surface area contributed by atoms with Crippen molar-refractivity contribution in [2.75, 3.05) is 4.90 Å². The van der Waals surface area contributed by atoms with Crippen LogP contribution in [-0.4, -0.2) is 0 Å². The Balaban J connectivity index is 1.15. The molecule has 61 heavy (non-hydrogen) atoms. The Morgan fingerprint density at radius 3 is 1.79 bits per heavy atom. The lowest BCUT2D eigenvalue weighted by Crippen LogP contribution is -2.28. The molecule has 11 aromatic rings. The maximum atomic E-state index is 2.53. The zero-order valence-electron chi connectivity index (χ0n) is 33.4. The summed E-state index contributed by atoms with van der Waals surface area (Å²) < 4.78 is 2.62. The molecule has 1 aliphatic rings. The summed E-state index contributed by atoms with van der Waals surface area (Å²) in [6.45, 7) is 0. The summed E-state index contributed by atoms with van der Waals surface area (Å²) in [5.41, 5.74) is 15.2. The van der Waals surface area contributed by atoms with Crippen LogP contribution >= 0.6 is 11.3 Å². The van der Waals surface area contributed by atoms with E-state index in [4.69, 9.17) is 0 Å². The molecule has 0 N–H and O–H groups in total. The van der Waals surface area contributed by atoms with E-state index in [1.165, 1.54) is 86.6 Å². The molecule has 10 aromatic carbocycles. The van der Waals surface area contributed by atoms with Crippen LogP contribution in [0.3, 0.4) is 0 Å². The molecule has 1 aliphatic carbocycles. The lowest BCUT2D eigenvalue weighted by molar-refractivity contribution is 0.768. The SMILES string of the molecule is c1ccc(C2(c3ccccc3)c3ccccc3-c3c(N(c4cccc(-c5cccc6c5sc5ccccc56)c4)c4ccccc4-c4ccc5ccccc5c4)cccc32)cc1. The lowest BCUT2D eigenvalue weighted by Gasteiger charge is -2.34. The fourth-order valence-corrected chi connectivity index (χ4v) is 11.4. The number of hydrogen-bond donors (Lipinski definition) is 0. The number of rotatable bonds is 7. The molecule has 0 radical (unpaired) electrons. The van der Waals surface area contributed by atoms with E-state index >= 15 is 0 Å². The third kappa shape index (κ3) is 5.53. The topological polar surface area (TPSA) is 3.24 Å². The Labute approximate surface area is 360 Å². The van der Waals surface area contributed by atoms with Crippen LogP contribution in [0.4, 0.5) is 17.1 Å². The first-order valence-corrected chi connectivity index (χ1v) is 21.8. The van der Waals surface area contributed by atoms with Gasteiger partial charge in [-0.15, -0.1) is 11.3 Å². The molecule has 0 amide bonds. The summed E-state index contributed by atoms with van der Waals surface area (Å²) in [7, 11) is 0. The molecule has 0 unspecified atom stereocenters. The zero-order chi connectivity index (χ0) is 40.3. The van der Waals surface area contributed by atoms with Gasteiger partial charge in [0.2, 0.25) is 0 Å². The Morgan fingerprint density at radius 2 is 0.951 bits per heavy atom. The standard InChI is InChI=1S/C59H39NS/c1-3-21-44(22-4-1)59(45-23-5-2-6-24-45)52-31-12-9-28-51(52)57-53(59)32-17-34-55(57)60(54-33-13-10-26-47(54)43-37-36-40-18-7-8-19-41(40)38-43)46-25-15-20-42(39-46)48-29-16-30-50-49-27-11-14-35-56(49)61-58(48)50/h1-39H. The van der Waals surface area contributed by atoms with Gasteiger partial charge in [0, 0.05) is 37.0 Å². The summed E-state index contributed by atoms with van der Waals surface area (Å²) in [6.07, 6.45) is 0. The molecule has 1 heterocycles. The number of nitrogens with zero attached hydrogens (tertiary/aromatic N) is 1. The van der Waals surface area contributed by atoms with Gasteiger partial charge in [-0.05, 0) is 91.7 Å². The molecule has 286 valence electrons. The number of fused-ring (bicyclic) bond motifs is 7. The molecule has 0 fully saturated rings. The molecule has 1 nitrogen and oxygen atoms in total. The van der Waals surface area contributed by atoms with Crippen molar-refractivity contribution in [2.24, 2.45) is 0 Å². The van der Waals surface area contributed by atoms with Crippen molar-refractivity contribution in [3.63, 3.8) is 0 Å². The van der Waals surface area contributed by atoms with Gasteiger partial charge < -0.3 is 4.90 Å². The molecule has 0 saturated carbocycles. The average molecular weight is 794 g/mol. The third-order valence-electron chi connectivity index (χ3n) is 12.7. The normalized spacial score (nSPS) is 12.7. The van der Waals surface area contributed by atoms with Gasteiger partial charge in [0.25, 0.3) is 0 Å². The van der Waals surface area contributed by atoms with Crippen molar-refractivity contribution >= 4 is 59.3 Å². The molecule has 12 rings (SSSR count). The highest BCUT2D eigenvalue weighted by molar-refractivity contribution is 7.26. The molecule has 2 heteroatoms. The first-order valence-electron chi connectivity index (χ1n) is 21.0. The van der Waals surface area contributed by atoms with Crippen LogP contribution in [0.5, 0.6) is 0 Å². The molecule has 0 saturated heterocycles. The second-order valence-corrected chi connectivity index (χ2v) is 17.0. The Morgan fingerprint density at radius 1 is 0.361 bits per heavy atom. The summed E-state index contributed by atoms with van der Waals surface area (Å²) >= 11 is 1.88. The summed E-state index contributed by atoms with van der Waals surface area (Å²) in [4.78, 5) is 2.53. The molecule has 0 spiro atoms. The third-order valence-corrected chi connectivity index (χ3v) is 13.9. The number of para-hydroxylation sites is 1. The maximum absolute atomic E-state index is 2.53. The summed E-state index contributed by atoms with van der Waals surface area (Å²) in [5.74, 6) is 0. The summed E-state index contributed by atoms with van der Waals surface area (Å²) in [5, 5.41) is 5.08. The molecule has 0 atom stereocenters. The second-order valence-electron chi connectivity index (χ2n) is 16.0. The van der Waals surface area contributed by atoms with Gasteiger partial charge in [0.1, 0.15) is 0 Å². The number of benzene rings is 10. The number of hydrogen-bond acceptors (Lipinski definition) is 2. The highest BCUT2D eigenvalue weighted by Crippen LogP contribution is 2.60. The Bertz CT molecular complexity index is 3400. The first kappa shape index (κ1) is 35.4. The van der Waals surface area contributed by atoms with Gasteiger partial charge in [0.15, 0.2) is 0 Å². The van der Waals surface area contributed by atoms with Gasteiger partial charge in [-0.1, -0.05) is 200 Å². The molecular weight excluding hydrogens is 755 g/mol. The van der Waals surface area contributed by atoms with E-state index in [-0.39, 0.29) is 0 Å². The van der Waals surface area contributed by atoms with Crippen LogP contribution in [0.25, 0.3) is 64.3 Å². The van der Waals surface area contributed by atoms with Gasteiger partial charge in [-0.2, -0.15) is 0 Å². The highest BCUT2D eigenvalue weighted by atomic mass is 32.1. The van der Waals surface area contributed by atoms with Gasteiger partial charge in [-0.3, -0.25) is 0 Å². The van der Waals surface area contributed by atoms with Crippen molar-refractivity contribution in [1.82, 2.24) is 0 Å². The quantitative estimate of drug-likeness (QED) is 0.155. The van der Waals surface area contributed by atoms with Crippen LogP contribution in [0, 0.1) is 0 Å². The number of thiophene rings is 1. The van der Waals surface area contributed by atoms with E-state index in [2.05, 4.69) is 241 Å². The van der Waals surface area contributed by atoms with E-state index < -0.39 is 5.41 Å². The van der Waals surface area contributed by atoms with Crippen molar-refractivity contribution in [3.05, 3.63) is 259 Å². The smallest absolute Gasteiger partial charge is 0.0714 e. The maximum Gasteiger partial charge on any atom is 0.0714 e. The first-order chi connectivity index (χ1) is 30.3. The predicted molar refractivity (Wildman–Crippen MR) is 260 cm³/mol. The van der Waals surface area contributed by atoms with Crippen LogP contribution in [-0.2, 0) is 5.41 Å². The fraction of sp³-hybridized carbons (Fsp3) is 0.0169. The largest absolute Gasteiger partial charge is 0.309 e. The molecule has 1 aromatic heterocycles. The minimum Gasteiger partial charge on any atom is -0.309 e. The number of anilines is 3. The van der Waals surface area contributed by atoms with Gasteiger partial charge in [0.05, 0.1) is 16.8 Å². The van der Waals surface area contributed by atoms with Crippen molar-refractivity contribution < 1.29 is 0 Å². The Kier molecular flexibility index (Phi) is 8.33. The molecule has 0 aliphatic heterocycles. The predicted octanol–water partition coefficient (Wildman–Crippen LogP) is 16.4. The second kappa shape index (κ2) is 14.3. The van der Waals surface area contributed by atoms with Crippen LogP contribution < -0.4 is 4.90 Å². The summed E-state index contributed by atoms with van der Waals surface area (Å²) in [6, 6.07) is 87.4. The van der Waals surface area contributed by atoms with Crippen LogP contribution in [0.15, 0.2) is 237 Å². The van der Waals surface area contributed by atoms with Gasteiger partial charge >= 0.3 is 0 Å². The van der Waals surface area contributed by atoms with E-state index in [0.29, 0.717) is 0 Å². The molecule has 0 bridgehead atoms. The van der Waals surface area contributed by atoms with E-state index in [1.807, 2.05) is 11.3 Å². The lowest BCUT2D eigenvalue weighted by atomic mass is 9.68. The highest BCUT2D eigenvalue weighted by Gasteiger charge is 2.47. The van der Waals surface area contributed by atoms with Crippen molar-refractivity contribution in [1.29, 1.82) is 0 Å². The average Bonchev–Trinajstić information content (AvgIpc) is 3.87. The van der Waals surface area contributed by atoms with E-state index in [1.54, 1.807) is 0 Å². The molecular formula is C59H39NS. The van der Waals surface area contributed by atoms with E-state index in [9.17, 15) is 0 Å². The van der Waals surface area contributed by atoms with Gasteiger partial charge in [-0.25, -0.2) is 0 Å².